The highest BCUT2D eigenvalue weighted by Crippen LogP contribution is 2.25. The van der Waals surface area contributed by atoms with Gasteiger partial charge in [-0.2, -0.15) is 0 Å². The van der Waals surface area contributed by atoms with E-state index in [0.717, 1.165) is 36.2 Å². The lowest BCUT2D eigenvalue weighted by Crippen LogP contribution is -2.19. The Balaban J connectivity index is 1.55. The number of nitrogens with one attached hydrogen (secondary N) is 1. The van der Waals surface area contributed by atoms with Gasteiger partial charge in [0.25, 0.3) is 0 Å². The summed E-state index contributed by atoms with van der Waals surface area (Å²) < 4.78 is 13.4. The van der Waals surface area contributed by atoms with E-state index in [1.54, 1.807) is 12.3 Å². The van der Waals surface area contributed by atoms with Gasteiger partial charge in [0.15, 0.2) is 5.65 Å². The van der Waals surface area contributed by atoms with Crippen LogP contribution in [0.2, 0.25) is 0 Å². The van der Waals surface area contributed by atoms with Crippen LogP contribution in [0.25, 0.3) is 27.9 Å². The van der Waals surface area contributed by atoms with Crippen molar-refractivity contribution in [1.29, 1.82) is 0 Å². The normalized spacial score (nSPS) is 17.0. The third-order valence-corrected chi connectivity index (χ3v) is 4.85. The van der Waals surface area contributed by atoms with Crippen molar-refractivity contribution >= 4 is 16.6 Å². The van der Waals surface area contributed by atoms with Crippen molar-refractivity contribution in [2.45, 2.75) is 19.4 Å². The van der Waals surface area contributed by atoms with E-state index in [1.807, 2.05) is 41.9 Å². The lowest BCUT2D eigenvalue weighted by Gasteiger charge is -2.12. The van der Waals surface area contributed by atoms with Crippen molar-refractivity contribution in [3.63, 3.8) is 0 Å². The molecule has 1 fully saturated rings. The SMILES string of the molecule is Cc1nccn2cc(-c3cc4ccc(OC5CCNC5)cc4oc3=O)nc12. The molecule has 4 heterocycles. The summed E-state index contributed by atoms with van der Waals surface area (Å²) in [5.74, 6) is 0.710. The molecule has 5 rings (SSSR count). The maximum absolute atomic E-state index is 12.6. The van der Waals surface area contributed by atoms with E-state index in [0.29, 0.717) is 22.6 Å². The zero-order valence-electron chi connectivity index (χ0n) is 14.8. The third kappa shape index (κ3) is 2.86. The molecule has 0 aliphatic carbocycles. The molecule has 27 heavy (non-hydrogen) atoms. The van der Waals surface area contributed by atoms with Gasteiger partial charge in [-0.15, -0.1) is 0 Å². The summed E-state index contributed by atoms with van der Waals surface area (Å²) in [6.45, 7) is 3.68. The largest absolute Gasteiger partial charge is 0.489 e. The molecule has 1 aromatic carbocycles. The summed E-state index contributed by atoms with van der Waals surface area (Å²) in [6.07, 6.45) is 6.46. The molecule has 3 aromatic heterocycles. The van der Waals surface area contributed by atoms with Crippen molar-refractivity contribution in [3.8, 4) is 17.0 Å². The van der Waals surface area contributed by atoms with E-state index < -0.39 is 5.63 Å². The number of aromatic nitrogens is 3. The fraction of sp³-hybridized carbons (Fsp3) is 0.250. The smallest absolute Gasteiger partial charge is 0.345 e. The van der Waals surface area contributed by atoms with Gasteiger partial charge in [-0.25, -0.2) is 9.78 Å². The van der Waals surface area contributed by atoms with Crippen LogP contribution >= 0.6 is 0 Å². The first-order valence-corrected chi connectivity index (χ1v) is 8.93. The molecule has 1 aliphatic heterocycles. The highest BCUT2D eigenvalue weighted by Gasteiger charge is 2.17. The molecule has 4 aromatic rings. The second kappa shape index (κ2) is 6.21. The Morgan fingerprint density at radius 2 is 2.26 bits per heavy atom. The summed E-state index contributed by atoms with van der Waals surface area (Å²) >= 11 is 0. The Hall–Kier alpha value is -3.19. The minimum atomic E-state index is -0.420. The highest BCUT2D eigenvalue weighted by molar-refractivity contribution is 5.82. The van der Waals surface area contributed by atoms with Crippen LogP contribution in [-0.4, -0.2) is 33.6 Å². The van der Waals surface area contributed by atoms with E-state index in [4.69, 9.17) is 9.15 Å². The Bertz CT molecular complexity index is 1210. The van der Waals surface area contributed by atoms with E-state index in [2.05, 4.69) is 15.3 Å². The summed E-state index contributed by atoms with van der Waals surface area (Å²) in [4.78, 5) is 21.3. The van der Waals surface area contributed by atoms with E-state index in [1.165, 1.54) is 0 Å². The number of fused-ring (bicyclic) bond motifs is 2. The van der Waals surface area contributed by atoms with Gasteiger partial charge in [0.1, 0.15) is 17.4 Å². The molecule has 0 amide bonds. The Morgan fingerprint density at radius 1 is 1.33 bits per heavy atom. The van der Waals surface area contributed by atoms with Gasteiger partial charge < -0.3 is 18.9 Å². The fourth-order valence-electron chi connectivity index (χ4n) is 3.44. The minimum Gasteiger partial charge on any atom is -0.489 e. The topological polar surface area (TPSA) is 81.7 Å². The first kappa shape index (κ1) is 16.0. The summed E-state index contributed by atoms with van der Waals surface area (Å²) in [6, 6.07) is 7.40. The average molecular weight is 362 g/mol. The van der Waals surface area contributed by atoms with Gasteiger partial charge in [0.05, 0.1) is 17.0 Å². The lowest BCUT2D eigenvalue weighted by molar-refractivity contribution is 0.223. The van der Waals surface area contributed by atoms with Crippen molar-refractivity contribution in [3.05, 3.63) is 59.0 Å². The number of ether oxygens (including phenoxy) is 1. The molecule has 7 nitrogen and oxygen atoms in total. The molecule has 136 valence electrons. The number of rotatable bonds is 3. The van der Waals surface area contributed by atoms with E-state index in [-0.39, 0.29) is 6.10 Å². The van der Waals surface area contributed by atoms with Crippen molar-refractivity contribution in [2.24, 2.45) is 0 Å². The predicted molar refractivity (Wildman–Crippen MR) is 101 cm³/mol. The average Bonchev–Trinajstić information content (AvgIpc) is 3.31. The predicted octanol–water partition coefficient (Wildman–Crippen LogP) is 2.55. The number of hydrogen-bond donors (Lipinski definition) is 1. The Morgan fingerprint density at radius 3 is 3.07 bits per heavy atom. The van der Waals surface area contributed by atoms with Crippen molar-refractivity contribution in [2.75, 3.05) is 13.1 Å². The molecule has 1 aliphatic rings. The third-order valence-electron chi connectivity index (χ3n) is 4.85. The van der Waals surface area contributed by atoms with Crippen LogP contribution in [0.4, 0.5) is 0 Å². The number of aryl methyl sites for hydroxylation is 1. The molecular weight excluding hydrogens is 344 g/mol. The van der Waals surface area contributed by atoms with Gasteiger partial charge in [-0.05, 0) is 38.1 Å². The molecule has 1 N–H and O–H groups in total. The van der Waals surface area contributed by atoms with Crippen LogP contribution in [0.3, 0.4) is 0 Å². The second-order valence-electron chi connectivity index (χ2n) is 6.75. The molecule has 0 spiro atoms. The van der Waals surface area contributed by atoms with Crippen LogP contribution in [0, 0.1) is 6.92 Å². The van der Waals surface area contributed by atoms with Crippen LogP contribution in [0.5, 0.6) is 5.75 Å². The van der Waals surface area contributed by atoms with Gasteiger partial charge in [0, 0.05) is 36.6 Å². The number of nitrogens with zero attached hydrogens (tertiary/aromatic N) is 3. The van der Waals surface area contributed by atoms with Crippen LogP contribution in [0.15, 0.2) is 52.1 Å². The zero-order chi connectivity index (χ0) is 18.4. The second-order valence-corrected chi connectivity index (χ2v) is 6.75. The maximum atomic E-state index is 12.6. The minimum absolute atomic E-state index is 0.156. The molecule has 0 radical (unpaired) electrons. The quantitative estimate of drug-likeness (QED) is 0.564. The summed E-state index contributed by atoms with van der Waals surface area (Å²) in [5.41, 5.74) is 2.61. The Labute approximate surface area is 154 Å². The fourth-order valence-corrected chi connectivity index (χ4v) is 3.44. The van der Waals surface area contributed by atoms with E-state index in [9.17, 15) is 4.79 Å². The first-order chi connectivity index (χ1) is 13.2. The molecule has 1 saturated heterocycles. The molecule has 0 saturated carbocycles. The highest BCUT2D eigenvalue weighted by atomic mass is 16.5. The first-order valence-electron chi connectivity index (χ1n) is 8.93. The lowest BCUT2D eigenvalue weighted by atomic mass is 10.1. The van der Waals surface area contributed by atoms with Gasteiger partial charge in [-0.3, -0.25) is 4.98 Å². The summed E-state index contributed by atoms with van der Waals surface area (Å²) in [5, 5.41) is 4.09. The van der Waals surface area contributed by atoms with Crippen LogP contribution in [-0.2, 0) is 0 Å². The number of benzene rings is 1. The van der Waals surface area contributed by atoms with E-state index >= 15 is 0 Å². The maximum Gasteiger partial charge on any atom is 0.345 e. The van der Waals surface area contributed by atoms with Gasteiger partial charge in [0.2, 0.25) is 0 Å². The van der Waals surface area contributed by atoms with Crippen molar-refractivity contribution in [1.82, 2.24) is 19.7 Å². The van der Waals surface area contributed by atoms with Gasteiger partial charge in [-0.1, -0.05) is 0 Å². The zero-order valence-corrected chi connectivity index (χ0v) is 14.8. The molecule has 1 unspecified atom stereocenters. The Kier molecular flexibility index (Phi) is 3.68. The number of hydrogen-bond acceptors (Lipinski definition) is 6. The van der Waals surface area contributed by atoms with Crippen molar-refractivity contribution < 1.29 is 9.15 Å². The monoisotopic (exact) mass is 362 g/mol. The summed E-state index contributed by atoms with van der Waals surface area (Å²) in [7, 11) is 0. The number of imidazole rings is 1. The van der Waals surface area contributed by atoms with Gasteiger partial charge >= 0.3 is 5.63 Å². The molecule has 7 heteroatoms. The standard InChI is InChI=1S/C20H18N4O3/c1-12-19-23-17(11-24(19)7-6-22-12)16-8-13-2-3-14(9-18(13)27-20(16)25)26-15-4-5-21-10-15/h2-3,6-9,11,15,21H,4-5,10H2,1H3. The molecule has 0 bridgehead atoms. The molecule has 1 atom stereocenters. The van der Waals surface area contributed by atoms with Crippen LogP contribution in [0.1, 0.15) is 12.1 Å². The molecular formula is C20H18N4O3. The van der Waals surface area contributed by atoms with Crippen LogP contribution < -0.4 is 15.7 Å².